The molecule has 0 amide bonds. The largest absolute Gasteiger partial charge is 0.299 e. The molecule has 2 N–H and O–H groups in total. The molecule has 1 fully saturated rings. The molecular formula is C3H8O3S. The van der Waals surface area contributed by atoms with E-state index in [2.05, 4.69) is 0 Å². The molecule has 0 heterocycles. The van der Waals surface area contributed by atoms with E-state index in [1.54, 1.807) is 0 Å². The summed E-state index contributed by atoms with van der Waals surface area (Å²) in [6.07, 6.45) is 4.50. The van der Waals surface area contributed by atoms with Crippen molar-refractivity contribution in [3.8, 4) is 0 Å². The van der Waals surface area contributed by atoms with Crippen molar-refractivity contribution in [1.82, 2.24) is 0 Å². The second kappa shape index (κ2) is 4.23. The van der Waals surface area contributed by atoms with E-state index in [1.807, 2.05) is 0 Å². The van der Waals surface area contributed by atoms with Crippen molar-refractivity contribution in [3.63, 3.8) is 0 Å². The van der Waals surface area contributed by atoms with E-state index in [0.717, 1.165) is 0 Å². The molecule has 0 aliphatic heterocycles. The summed E-state index contributed by atoms with van der Waals surface area (Å²) in [4.78, 5) is 0. The Morgan fingerprint density at radius 3 is 1.29 bits per heavy atom. The summed E-state index contributed by atoms with van der Waals surface area (Å²) in [7, 11) is 0. The Balaban J connectivity index is 0.000000105. The van der Waals surface area contributed by atoms with Crippen molar-refractivity contribution in [2.75, 3.05) is 0 Å². The highest BCUT2D eigenvalue weighted by Crippen LogP contribution is 2.14. The lowest BCUT2D eigenvalue weighted by molar-refractivity contribution is 0.454. The van der Waals surface area contributed by atoms with Crippen LogP contribution in [-0.2, 0) is 11.4 Å². The molecule has 3 nitrogen and oxygen atoms in total. The Bertz CT molecular complexity index is 54.4. The Hall–Kier alpha value is 0.0700. The van der Waals surface area contributed by atoms with Crippen molar-refractivity contribution in [2.45, 2.75) is 19.3 Å². The van der Waals surface area contributed by atoms with Gasteiger partial charge in [-0.2, -0.15) is 4.21 Å². The van der Waals surface area contributed by atoms with Crippen LogP contribution < -0.4 is 0 Å². The Kier molecular flexibility index (Phi) is 4.28. The molecule has 1 saturated carbocycles. The lowest BCUT2D eigenvalue weighted by atomic mass is 11.0. The third kappa shape index (κ3) is 87.8. The van der Waals surface area contributed by atoms with Crippen LogP contribution in [0, 0.1) is 0 Å². The molecule has 0 aromatic heterocycles. The Morgan fingerprint density at radius 1 is 1.14 bits per heavy atom. The van der Waals surface area contributed by atoms with Gasteiger partial charge in [-0.1, -0.05) is 19.3 Å². The summed E-state index contributed by atoms with van der Waals surface area (Å²) in [5, 5.41) is 0. The molecule has 0 spiro atoms. The van der Waals surface area contributed by atoms with Gasteiger partial charge < -0.3 is 0 Å². The van der Waals surface area contributed by atoms with Crippen LogP contribution in [0.2, 0.25) is 0 Å². The van der Waals surface area contributed by atoms with E-state index in [0.29, 0.717) is 0 Å². The molecule has 7 heavy (non-hydrogen) atoms. The van der Waals surface area contributed by atoms with Crippen molar-refractivity contribution in [1.29, 1.82) is 0 Å². The van der Waals surface area contributed by atoms with Crippen molar-refractivity contribution >= 4 is 11.4 Å². The Morgan fingerprint density at radius 2 is 1.29 bits per heavy atom. The Labute approximate surface area is 44.8 Å². The zero-order valence-corrected chi connectivity index (χ0v) is 4.65. The minimum Gasteiger partial charge on any atom is -0.284 e. The van der Waals surface area contributed by atoms with E-state index in [1.165, 1.54) is 19.3 Å². The van der Waals surface area contributed by atoms with Gasteiger partial charge in [0.2, 0.25) is 0 Å². The van der Waals surface area contributed by atoms with Crippen LogP contribution in [0.15, 0.2) is 0 Å². The molecule has 4 heteroatoms. The predicted octanol–water partition coefficient (Wildman–Crippen LogP) is 0.851. The maximum Gasteiger partial charge on any atom is 0.299 e. The van der Waals surface area contributed by atoms with Crippen LogP contribution in [0.1, 0.15) is 19.3 Å². The van der Waals surface area contributed by atoms with Gasteiger partial charge in [0.25, 0.3) is 11.4 Å². The number of hydrogen-bond acceptors (Lipinski definition) is 1. The van der Waals surface area contributed by atoms with Crippen molar-refractivity contribution in [3.05, 3.63) is 0 Å². The van der Waals surface area contributed by atoms with E-state index in [4.69, 9.17) is 13.3 Å². The fourth-order valence-electron chi connectivity index (χ4n) is 0. The highest BCUT2D eigenvalue weighted by atomic mass is 32.2. The first-order chi connectivity index (χ1) is 3.23. The lowest BCUT2D eigenvalue weighted by Gasteiger charge is -1.59. The molecule has 1 rings (SSSR count). The van der Waals surface area contributed by atoms with Gasteiger partial charge in [-0.3, -0.25) is 9.11 Å². The molecule has 0 aromatic carbocycles. The smallest absolute Gasteiger partial charge is 0.284 e. The summed E-state index contributed by atoms with van der Waals surface area (Å²) in [5.74, 6) is 0. The zero-order chi connectivity index (χ0) is 5.70. The van der Waals surface area contributed by atoms with Crippen LogP contribution in [0.4, 0.5) is 0 Å². The maximum absolute atomic E-state index is 8.67. The molecular weight excluding hydrogens is 116 g/mol. The number of hydrogen-bond donors (Lipinski definition) is 2. The summed E-state index contributed by atoms with van der Waals surface area (Å²) in [6, 6.07) is 0. The first-order valence-corrected chi connectivity index (χ1v) is 3.10. The molecule has 0 aromatic rings. The molecule has 1 aliphatic rings. The standard InChI is InChI=1S/C3H6.H2O3S/c1-2-3-1;1-4(2)3/h1-3H2;(H2,1,2,3). The minimum atomic E-state index is -2.61. The quantitative estimate of drug-likeness (QED) is 0.471. The maximum atomic E-state index is 8.67. The molecule has 0 bridgehead atoms. The van der Waals surface area contributed by atoms with Gasteiger partial charge in [-0.15, -0.1) is 0 Å². The minimum absolute atomic E-state index is 1.50. The highest BCUT2D eigenvalue weighted by molar-refractivity contribution is 7.73. The summed E-state index contributed by atoms with van der Waals surface area (Å²) >= 11 is -2.61. The van der Waals surface area contributed by atoms with Gasteiger partial charge in [0, 0.05) is 0 Å². The summed E-state index contributed by atoms with van der Waals surface area (Å²) in [6.45, 7) is 0. The second-order valence-corrected chi connectivity index (χ2v) is 1.75. The first-order valence-electron chi connectivity index (χ1n) is 2.03. The van der Waals surface area contributed by atoms with Crippen LogP contribution in [0.5, 0.6) is 0 Å². The van der Waals surface area contributed by atoms with E-state index >= 15 is 0 Å². The fourth-order valence-corrected chi connectivity index (χ4v) is 0. The summed E-state index contributed by atoms with van der Waals surface area (Å²) < 4.78 is 22.8. The van der Waals surface area contributed by atoms with Gasteiger partial charge in [0.1, 0.15) is 0 Å². The molecule has 0 radical (unpaired) electrons. The average molecular weight is 124 g/mol. The van der Waals surface area contributed by atoms with Crippen LogP contribution >= 0.6 is 0 Å². The van der Waals surface area contributed by atoms with Crippen molar-refractivity contribution in [2.24, 2.45) is 0 Å². The fraction of sp³-hybridized carbons (Fsp3) is 1.00. The second-order valence-electron chi connectivity index (χ2n) is 1.29. The molecule has 44 valence electrons. The van der Waals surface area contributed by atoms with Crippen LogP contribution in [0.3, 0.4) is 0 Å². The van der Waals surface area contributed by atoms with Gasteiger partial charge in [0.05, 0.1) is 0 Å². The SMILES string of the molecule is C1CC1.O=S(O)O. The van der Waals surface area contributed by atoms with Gasteiger partial charge in [-0.05, 0) is 0 Å². The van der Waals surface area contributed by atoms with Crippen LogP contribution in [-0.4, -0.2) is 13.3 Å². The van der Waals surface area contributed by atoms with Crippen LogP contribution in [0.25, 0.3) is 0 Å². The molecule has 0 unspecified atom stereocenters. The molecule has 1 aliphatic carbocycles. The normalized spacial score (nSPS) is 15.3. The molecule has 0 atom stereocenters. The summed E-state index contributed by atoms with van der Waals surface area (Å²) in [5.41, 5.74) is 0. The lowest BCUT2D eigenvalue weighted by Crippen LogP contribution is -1.74. The van der Waals surface area contributed by atoms with E-state index in [9.17, 15) is 0 Å². The average Bonchev–Trinajstić information content (AvgIpc) is 2.02. The topological polar surface area (TPSA) is 57.5 Å². The van der Waals surface area contributed by atoms with Gasteiger partial charge in [-0.25, -0.2) is 0 Å². The zero-order valence-electron chi connectivity index (χ0n) is 3.83. The first kappa shape index (κ1) is 7.07. The highest BCUT2D eigenvalue weighted by Gasteiger charge is 1.95. The van der Waals surface area contributed by atoms with Crippen molar-refractivity contribution < 1.29 is 13.3 Å². The predicted molar refractivity (Wildman–Crippen MR) is 27.3 cm³/mol. The number of rotatable bonds is 0. The monoisotopic (exact) mass is 124 g/mol. The van der Waals surface area contributed by atoms with Gasteiger partial charge in [0.15, 0.2) is 0 Å². The van der Waals surface area contributed by atoms with E-state index in [-0.39, 0.29) is 0 Å². The molecule has 0 saturated heterocycles. The third-order valence-electron chi connectivity index (χ3n) is 0.354. The third-order valence-corrected chi connectivity index (χ3v) is 0.354. The van der Waals surface area contributed by atoms with Gasteiger partial charge >= 0.3 is 0 Å². The van der Waals surface area contributed by atoms with E-state index < -0.39 is 11.4 Å².